The lowest BCUT2D eigenvalue weighted by molar-refractivity contribution is -0.136. The van der Waals surface area contributed by atoms with Gasteiger partial charge < -0.3 is 9.42 Å². The maximum Gasteiger partial charge on any atom is 0.231 e. The normalized spacial score (nSPS) is 19.3. The second-order valence-electron chi connectivity index (χ2n) is 6.40. The number of halogens is 1. The highest BCUT2D eigenvalue weighted by molar-refractivity contribution is 6.30. The van der Waals surface area contributed by atoms with Gasteiger partial charge in [-0.2, -0.15) is 4.98 Å². The molecule has 0 saturated carbocycles. The molecule has 1 amide bonds. The molecule has 0 radical (unpaired) electrons. The fourth-order valence-electron chi connectivity index (χ4n) is 2.98. The molecule has 1 fully saturated rings. The molecular weight excluding hydrogens is 326 g/mol. The lowest BCUT2D eigenvalue weighted by Crippen LogP contribution is -2.41. The molecule has 2 heterocycles. The molecule has 1 aliphatic rings. The largest absolute Gasteiger partial charge is 0.342 e. The van der Waals surface area contributed by atoms with E-state index in [-0.39, 0.29) is 17.7 Å². The number of piperidine rings is 1. The van der Waals surface area contributed by atoms with Crippen molar-refractivity contribution in [1.29, 1.82) is 0 Å². The monoisotopic (exact) mass is 347 g/mol. The van der Waals surface area contributed by atoms with Crippen LogP contribution in [0.5, 0.6) is 0 Å². The van der Waals surface area contributed by atoms with Crippen LogP contribution in [0.25, 0.3) is 11.4 Å². The van der Waals surface area contributed by atoms with Crippen molar-refractivity contribution in [3.8, 4) is 11.4 Å². The third kappa shape index (κ3) is 3.61. The van der Waals surface area contributed by atoms with Gasteiger partial charge in [-0.15, -0.1) is 0 Å². The predicted molar refractivity (Wildman–Crippen MR) is 92.8 cm³/mol. The first kappa shape index (κ1) is 17.0. The quantitative estimate of drug-likeness (QED) is 0.833. The molecule has 1 saturated heterocycles. The Kier molecular flexibility index (Phi) is 5.19. The molecule has 128 valence electrons. The van der Waals surface area contributed by atoms with Crippen LogP contribution in [0.1, 0.15) is 44.9 Å². The van der Waals surface area contributed by atoms with E-state index in [1.807, 2.05) is 30.9 Å². The first-order valence-electron chi connectivity index (χ1n) is 8.46. The van der Waals surface area contributed by atoms with Crippen LogP contribution in [0, 0.1) is 5.92 Å². The topological polar surface area (TPSA) is 59.2 Å². The van der Waals surface area contributed by atoms with Crippen molar-refractivity contribution in [2.24, 2.45) is 5.92 Å². The minimum absolute atomic E-state index is 0.0658. The summed E-state index contributed by atoms with van der Waals surface area (Å²) in [6.45, 7) is 5.50. The molecule has 24 heavy (non-hydrogen) atoms. The number of carbonyl (C=O) groups is 1. The summed E-state index contributed by atoms with van der Waals surface area (Å²) in [5, 5.41) is 4.75. The van der Waals surface area contributed by atoms with Crippen molar-refractivity contribution >= 4 is 17.5 Å². The van der Waals surface area contributed by atoms with E-state index < -0.39 is 0 Å². The van der Waals surface area contributed by atoms with E-state index in [0.29, 0.717) is 23.3 Å². The van der Waals surface area contributed by atoms with Crippen LogP contribution >= 0.6 is 11.6 Å². The van der Waals surface area contributed by atoms with Crippen molar-refractivity contribution in [2.75, 3.05) is 13.1 Å². The van der Waals surface area contributed by atoms with Gasteiger partial charge in [-0.25, -0.2) is 0 Å². The average molecular weight is 348 g/mol. The second-order valence-corrected chi connectivity index (χ2v) is 6.83. The van der Waals surface area contributed by atoms with E-state index in [1.54, 1.807) is 12.1 Å². The van der Waals surface area contributed by atoms with Gasteiger partial charge in [0, 0.05) is 29.6 Å². The standard InChI is InChI=1S/C18H22ClN3O2/c1-3-12(2)18(23)22-10-4-5-14(11-22)17-20-16(21-24-17)13-6-8-15(19)9-7-13/h6-9,12,14H,3-5,10-11H2,1-2H3/t12-,14+/m0/s1. The summed E-state index contributed by atoms with van der Waals surface area (Å²) in [4.78, 5) is 18.9. The Hall–Kier alpha value is -1.88. The van der Waals surface area contributed by atoms with Crippen LogP contribution in [0.2, 0.25) is 5.02 Å². The molecular formula is C18H22ClN3O2. The number of benzene rings is 1. The van der Waals surface area contributed by atoms with Gasteiger partial charge in [0.2, 0.25) is 17.6 Å². The van der Waals surface area contributed by atoms with Crippen LogP contribution in [-0.2, 0) is 4.79 Å². The maximum absolute atomic E-state index is 12.4. The molecule has 0 aliphatic carbocycles. The van der Waals surface area contributed by atoms with Gasteiger partial charge in [0.25, 0.3) is 0 Å². The first-order chi connectivity index (χ1) is 11.6. The zero-order chi connectivity index (χ0) is 17.1. The number of aromatic nitrogens is 2. The zero-order valence-electron chi connectivity index (χ0n) is 14.0. The van der Waals surface area contributed by atoms with Gasteiger partial charge in [0.05, 0.1) is 5.92 Å². The number of hydrogen-bond acceptors (Lipinski definition) is 4. The average Bonchev–Trinajstić information content (AvgIpc) is 3.11. The van der Waals surface area contributed by atoms with Crippen molar-refractivity contribution in [3.05, 3.63) is 35.2 Å². The van der Waals surface area contributed by atoms with Crippen molar-refractivity contribution < 1.29 is 9.32 Å². The minimum atomic E-state index is 0.0658. The van der Waals surface area contributed by atoms with E-state index >= 15 is 0 Å². The van der Waals surface area contributed by atoms with Gasteiger partial charge >= 0.3 is 0 Å². The van der Waals surface area contributed by atoms with E-state index in [4.69, 9.17) is 16.1 Å². The number of hydrogen-bond donors (Lipinski definition) is 0. The number of amides is 1. The summed E-state index contributed by atoms with van der Waals surface area (Å²) in [5.41, 5.74) is 0.873. The minimum Gasteiger partial charge on any atom is -0.342 e. The fraction of sp³-hybridized carbons (Fsp3) is 0.500. The van der Waals surface area contributed by atoms with Crippen LogP contribution < -0.4 is 0 Å². The van der Waals surface area contributed by atoms with Crippen LogP contribution in [0.4, 0.5) is 0 Å². The highest BCUT2D eigenvalue weighted by atomic mass is 35.5. The molecule has 1 aliphatic heterocycles. The molecule has 0 N–H and O–H groups in total. The van der Waals surface area contributed by atoms with E-state index in [1.165, 1.54) is 0 Å². The van der Waals surface area contributed by atoms with E-state index in [9.17, 15) is 4.79 Å². The number of rotatable bonds is 4. The number of nitrogens with zero attached hydrogens (tertiary/aromatic N) is 3. The van der Waals surface area contributed by atoms with Gasteiger partial charge in [0.1, 0.15) is 0 Å². The summed E-state index contributed by atoms with van der Waals surface area (Å²) >= 11 is 5.91. The lowest BCUT2D eigenvalue weighted by atomic mass is 9.96. The van der Waals surface area contributed by atoms with E-state index in [2.05, 4.69) is 10.1 Å². The van der Waals surface area contributed by atoms with Gasteiger partial charge in [-0.1, -0.05) is 30.6 Å². The SMILES string of the molecule is CC[C@H](C)C(=O)N1CCC[C@@H](c2nc(-c3ccc(Cl)cc3)no2)C1. The van der Waals surface area contributed by atoms with Gasteiger partial charge in [-0.05, 0) is 43.5 Å². The molecule has 3 rings (SSSR count). The summed E-state index contributed by atoms with van der Waals surface area (Å²) in [7, 11) is 0. The van der Waals surface area contributed by atoms with Gasteiger partial charge in [0.15, 0.2) is 0 Å². The van der Waals surface area contributed by atoms with Crippen molar-refractivity contribution in [2.45, 2.75) is 39.0 Å². The molecule has 6 heteroatoms. The molecule has 5 nitrogen and oxygen atoms in total. The van der Waals surface area contributed by atoms with Gasteiger partial charge in [-0.3, -0.25) is 4.79 Å². The Labute approximate surface area is 147 Å². The third-order valence-corrected chi connectivity index (χ3v) is 4.91. The Bertz CT molecular complexity index is 699. The number of likely N-dealkylation sites (tertiary alicyclic amines) is 1. The molecule has 1 aromatic heterocycles. The summed E-state index contributed by atoms with van der Waals surface area (Å²) < 4.78 is 5.47. The Morgan fingerprint density at radius 1 is 1.42 bits per heavy atom. The number of carbonyl (C=O) groups excluding carboxylic acids is 1. The zero-order valence-corrected chi connectivity index (χ0v) is 14.8. The highest BCUT2D eigenvalue weighted by Crippen LogP contribution is 2.28. The van der Waals surface area contributed by atoms with Crippen LogP contribution in [0.15, 0.2) is 28.8 Å². The first-order valence-corrected chi connectivity index (χ1v) is 8.84. The molecule has 2 aromatic rings. The Morgan fingerprint density at radius 2 is 2.17 bits per heavy atom. The maximum atomic E-state index is 12.4. The Balaban J connectivity index is 1.72. The van der Waals surface area contributed by atoms with Crippen molar-refractivity contribution in [3.63, 3.8) is 0 Å². The van der Waals surface area contributed by atoms with E-state index in [0.717, 1.165) is 31.4 Å². The summed E-state index contributed by atoms with van der Waals surface area (Å²) in [6.07, 6.45) is 2.79. The fourth-order valence-corrected chi connectivity index (χ4v) is 3.11. The highest BCUT2D eigenvalue weighted by Gasteiger charge is 2.30. The van der Waals surface area contributed by atoms with Crippen LogP contribution in [-0.4, -0.2) is 34.0 Å². The summed E-state index contributed by atoms with van der Waals surface area (Å²) in [5.74, 6) is 1.57. The smallest absolute Gasteiger partial charge is 0.231 e. The second kappa shape index (κ2) is 7.34. The molecule has 2 atom stereocenters. The predicted octanol–water partition coefficient (Wildman–Crippen LogP) is 4.14. The molecule has 1 aromatic carbocycles. The molecule has 0 bridgehead atoms. The Morgan fingerprint density at radius 3 is 2.88 bits per heavy atom. The van der Waals surface area contributed by atoms with Crippen molar-refractivity contribution in [1.82, 2.24) is 15.0 Å². The van der Waals surface area contributed by atoms with Crippen LogP contribution in [0.3, 0.4) is 0 Å². The summed E-state index contributed by atoms with van der Waals surface area (Å²) in [6, 6.07) is 7.35. The molecule has 0 spiro atoms. The molecule has 0 unspecified atom stereocenters. The third-order valence-electron chi connectivity index (χ3n) is 4.66. The lowest BCUT2D eigenvalue weighted by Gasteiger charge is -2.32.